The second kappa shape index (κ2) is 5.82. The van der Waals surface area contributed by atoms with E-state index in [9.17, 15) is 10.1 Å². The molecule has 2 rings (SSSR count). The number of nitro benzene ring substituents is 1. The van der Waals surface area contributed by atoms with Crippen LogP contribution < -0.4 is 10.1 Å². The lowest BCUT2D eigenvalue weighted by Gasteiger charge is -2.23. The number of hydrogen-bond donors (Lipinski definition) is 1. The zero-order valence-electron chi connectivity index (χ0n) is 10.5. The summed E-state index contributed by atoms with van der Waals surface area (Å²) in [4.78, 5) is 10.2. The minimum atomic E-state index is -0.389. The summed E-state index contributed by atoms with van der Waals surface area (Å²) in [6.45, 7) is 3.50. The first-order chi connectivity index (χ1) is 8.66. The Morgan fingerprint density at radius 3 is 2.94 bits per heavy atom. The third-order valence-corrected chi connectivity index (χ3v) is 3.22. The topological polar surface area (TPSA) is 64.4 Å². The van der Waals surface area contributed by atoms with Crippen LogP contribution in [0.5, 0.6) is 5.75 Å². The maximum Gasteiger partial charge on any atom is 0.269 e. The Balaban J connectivity index is 1.94. The number of hydrogen-bond acceptors (Lipinski definition) is 4. The van der Waals surface area contributed by atoms with Gasteiger partial charge < -0.3 is 10.1 Å². The molecule has 1 fully saturated rings. The molecule has 18 heavy (non-hydrogen) atoms. The van der Waals surface area contributed by atoms with E-state index in [0.29, 0.717) is 12.6 Å². The molecule has 5 nitrogen and oxygen atoms in total. The van der Waals surface area contributed by atoms with Gasteiger partial charge in [0.2, 0.25) is 0 Å². The summed E-state index contributed by atoms with van der Waals surface area (Å²) in [5.74, 6) is 0.730. The molecule has 5 heteroatoms. The Labute approximate surface area is 106 Å². The Bertz CT molecular complexity index is 428. The van der Waals surface area contributed by atoms with E-state index in [4.69, 9.17) is 4.74 Å². The predicted octanol–water partition coefficient (Wildman–Crippen LogP) is 2.42. The van der Waals surface area contributed by atoms with E-state index in [1.165, 1.54) is 18.9 Å². The Morgan fingerprint density at radius 2 is 2.33 bits per heavy atom. The number of aryl methyl sites for hydroxylation is 1. The molecule has 1 aliphatic rings. The van der Waals surface area contributed by atoms with Gasteiger partial charge in [0.15, 0.2) is 0 Å². The van der Waals surface area contributed by atoms with Crippen molar-refractivity contribution in [1.29, 1.82) is 0 Å². The third kappa shape index (κ3) is 3.20. The second-order valence-electron chi connectivity index (χ2n) is 4.66. The normalized spacial score (nSPS) is 19.5. The Morgan fingerprint density at radius 1 is 1.50 bits per heavy atom. The summed E-state index contributed by atoms with van der Waals surface area (Å²) in [5.41, 5.74) is 0.913. The van der Waals surface area contributed by atoms with E-state index < -0.39 is 0 Å². The molecule has 1 heterocycles. The Hall–Kier alpha value is -1.62. The van der Waals surface area contributed by atoms with Gasteiger partial charge in [-0.05, 0) is 37.9 Å². The highest BCUT2D eigenvalue weighted by Crippen LogP contribution is 2.23. The van der Waals surface area contributed by atoms with Crippen LogP contribution in [0.2, 0.25) is 0 Å². The molecule has 1 aromatic rings. The van der Waals surface area contributed by atoms with Gasteiger partial charge in [-0.1, -0.05) is 6.42 Å². The van der Waals surface area contributed by atoms with Crippen LogP contribution in [0.15, 0.2) is 18.2 Å². The molecule has 0 aromatic heterocycles. The predicted molar refractivity (Wildman–Crippen MR) is 69.0 cm³/mol. The minimum absolute atomic E-state index is 0.107. The highest BCUT2D eigenvalue weighted by molar-refractivity contribution is 5.42. The van der Waals surface area contributed by atoms with Gasteiger partial charge in [-0.25, -0.2) is 0 Å². The van der Waals surface area contributed by atoms with Crippen molar-refractivity contribution in [2.45, 2.75) is 32.2 Å². The SMILES string of the molecule is Cc1cc([N+](=O)[O-])ccc1OCC1CCCCN1. The lowest BCUT2D eigenvalue weighted by atomic mass is 10.1. The molecule has 1 N–H and O–H groups in total. The van der Waals surface area contributed by atoms with Crippen molar-refractivity contribution >= 4 is 5.69 Å². The summed E-state index contributed by atoms with van der Waals surface area (Å²) in [6, 6.07) is 5.10. The average Bonchev–Trinajstić information content (AvgIpc) is 2.38. The fourth-order valence-electron chi connectivity index (χ4n) is 2.17. The number of nitrogens with one attached hydrogen (secondary N) is 1. The molecule has 0 amide bonds. The average molecular weight is 250 g/mol. The molecule has 1 atom stereocenters. The number of benzene rings is 1. The molecular formula is C13H18N2O3. The van der Waals surface area contributed by atoms with Gasteiger partial charge in [-0.3, -0.25) is 10.1 Å². The number of nitro groups is 1. The van der Waals surface area contributed by atoms with E-state index in [1.54, 1.807) is 12.1 Å². The van der Waals surface area contributed by atoms with Crippen LogP contribution in [0.4, 0.5) is 5.69 Å². The summed E-state index contributed by atoms with van der Waals surface area (Å²) >= 11 is 0. The molecule has 0 saturated carbocycles. The van der Waals surface area contributed by atoms with E-state index in [-0.39, 0.29) is 10.6 Å². The van der Waals surface area contributed by atoms with E-state index >= 15 is 0 Å². The smallest absolute Gasteiger partial charge is 0.269 e. The van der Waals surface area contributed by atoms with Crippen LogP contribution in [0.25, 0.3) is 0 Å². The number of non-ortho nitro benzene ring substituents is 1. The molecule has 1 unspecified atom stereocenters. The summed E-state index contributed by atoms with van der Waals surface area (Å²) in [6.07, 6.45) is 3.60. The van der Waals surface area contributed by atoms with Crippen molar-refractivity contribution < 1.29 is 9.66 Å². The number of piperidine rings is 1. The molecule has 1 aromatic carbocycles. The zero-order valence-corrected chi connectivity index (χ0v) is 10.5. The van der Waals surface area contributed by atoms with Crippen molar-refractivity contribution in [2.24, 2.45) is 0 Å². The van der Waals surface area contributed by atoms with Crippen LogP contribution in [-0.4, -0.2) is 24.1 Å². The van der Waals surface area contributed by atoms with Gasteiger partial charge in [0.1, 0.15) is 12.4 Å². The van der Waals surface area contributed by atoms with Crippen molar-refractivity contribution in [3.8, 4) is 5.75 Å². The Kier molecular flexibility index (Phi) is 4.15. The van der Waals surface area contributed by atoms with Crippen LogP contribution in [0, 0.1) is 17.0 Å². The van der Waals surface area contributed by atoms with Crippen molar-refractivity contribution in [2.75, 3.05) is 13.2 Å². The lowest BCUT2D eigenvalue weighted by Crippen LogP contribution is -2.38. The van der Waals surface area contributed by atoms with Crippen molar-refractivity contribution in [1.82, 2.24) is 5.32 Å². The van der Waals surface area contributed by atoms with E-state index in [2.05, 4.69) is 5.32 Å². The molecule has 0 radical (unpaired) electrons. The van der Waals surface area contributed by atoms with Crippen LogP contribution in [-0.2, 0) is 0 Å². The van der Waals surface area contributed by atoms with Crippen LogP contribution in [0.3, 0.4) is 0 Å². The van der Waals surface area contributed by atoms with Gasteiger partial charge >= 0.3 is 0 Å². The lowest BCUT2D eigenvalue weighted by molar-refractivity contribution is -0.384. The summed E-state index contributed by atoms with van der Waals surface area (Å²) in [5, 5.41) is 14.0. The van der Waals surface area contributed by atoms with E-state index in [0.717, 1.165) is 24.3 Å². The molecule has 1 saturated heterocycles. The number of nitrogens with zero attached hydrogens (tertiary/aromatic N) is 1. The number of ether oxygens (including phenoxy) is 1. The monoisotopic (exact) mass is 250 g/mol. The van der Waals surface area contributed by atoms with Gasteiger partial charge in [0.25, 0.3) is 5.69 Å². The quantitative estimate of drug-likeness (QED) is 0.658. The van der Waals surface area contributed by atoms with E-state index in [1.807, 2.05) is 6.92 Å². The van der Waals surface area contributed by atoms with Gasteiger partial charge in [-0.15, -0.1) is 0 Å². The molecule has 0 aliphatic carbocycles. The fourth-order valence-corrected chi connectivity index (χ4v) is 2.17. The first-order valence-electron chi connectivity index (χ1n) is 6.28. The number of rotatable bonds is 4. The zero-order chi connectivity index (χ0) is 13.0. The maximum atomic E-state index is 10.6. The molecular weight excluding hydrogens is 232 g/mol. The van der Waals surface area contributed by atoms with Crippen LogP contribution in [0.1, 0.15) is 24.8 Å². The second-order valence-corrected chi connectivity index (χ2v) is 4.66. The standard InChI is InChI=1S/C13H18N2O3/c1-10-8-12(15(16)17)5-6-13(10)18-9-11-4-2-3-7-14-11/h5-6,8,11,14H,2-4,7,9H2,1H3. The van der Waals surface area contributed by atoms with Gasteiger partial charge in [0, 0.05) is 18.2 Å². The summed E-state index contributed by atoms with van der Waals surface area (Å²) in [7, 11) is 0. The minimum Gasteiger partial charge on any atom is -0.492 e. The third-order valence-electron chi connectivity index (χ3n) is 3.22. The van der Waals surface area contributed by atoms with Crippen molar-refractivity contribution in [3.05, 3.63) is 33.9 Å². The molecule has 98 valence electrons. The maximum absolute atomic E-state index is 10.6. The highest BCUT2D eigenvalue weighted by atomic mass is 16.6. The largest absolute Gasteiger partial charge is 0.492 e. The first kappa shape index (κ1) is 12.8. The highest BCUT2D eigenvalue weighted by Gasteiger charge is 2.14. The molecule has 1 aliphatic heterocycles. The molecule has 0 bridgehead atoms. The van der Waals surface area contributed by atoms with Crippen molar-refractivity contribution in [3.63, 3.8) is 0 Å². The fraction of sp³-hybridized carbons (Fsp3) is 0.538. The summed E-state index contributed by atoms with van der Waals surface area (Å²) < 4.78 is 5.73. The van der Waals surface area contributed by atoms with Gasteiger partial charge in [0.05, 0.1) is 4.92 Å². The van der Waals surface area contributed by atoms with Crippen LogP contribution >= 0.6 is 0 Å². The van der Waals surface area contributed by atoms with Gasteiger partial charge in [-0.2, -0.15) is 0 Å². The first-order valence-corrected chi connectivity index (χ1v) is 6.28. The molecule has 0 spiro atoms.